The van der Waals surface area contributed by atoms with Crippen LogP contribution in [-0.4, -0.2) is 18.6 Å². The molecule has 2 rings (SSSR count). The number of ether oxygens (including phenoxy) is 1. The van der Waals surface area contributed by atoms with E-state index in [-0.39, 0.29) is 18.6 Å². The van der Waals surface area contributed by atoms with Gasteiger partial charge in [0.15, 0.2) is 6.61 Å². The van der Waals surface area contributed by atoms with Gasteiger partial charge in [0.1, 0.15) is 5.75 Å². The van der Waals surface area contributed by atoms with Crippen molar-refractivity contribution < 1.29 is 9.53 Å². The van der Waals surface area contributed by atoms with Crippen LogP contribution in [0.4, 0.5) is 0 Å². The third kappa shape index (κ3) is 4.37. The van der Waals surface area contributed by atoms with Gasteiger partial charge in [-0.1, -0.05) is 25.4 Å². The summed E-state index contributed by atoms with van der Waals surface area (Å²) in [6.07, 6.45) is 3.25. The summed E-state index contributed by atoms with van der Waals surface area (Å²) >= 11 is 6.12. The lowest BCUT2D eigenvalue weighted by Gasteiger charge is -2.18. The lowest BCUT2D eigenvalue weighted by atomic mass is 9.92. The summed E-state index contributed by atoms with van der Waals surface area (Å²) in [5, 5.41) is 3.81. The minimum Gasteiger partial charge on any atom is -0.484 e. The van der Waals surface area contributed by atoms with Gasteiger partial charge in [0.2, 0.25) is 0 Å². The first-order valence-corrected chi connectivity index (χ1v) is 7.83. The molecule has 1 amide bonds. The predicted octanol–water partition coefficient (Wildman–Crippen LogP) is 4.03. The predicted molar refractivity (Wildman–Crippen MR) is 86.0 cm³/mol. The molecular formula is C17H24ClNO2. The minimum absolute atomic E-state index is 0.0528. The standard InChI is InChI=1S/C17H24ClNO2/c1-11-7-14(8-12(2)16(11)18)21-10-15(20)19-13-5-6-17(3,4)9-13/h7-8,13H,5-6,9-10H2,1-4H3,(H,19,20). The second kappa shape index (κ2) is 6.27. The lowest BCUT2D eigenvalue weighted by Crippen LogP contribution is -2.36. The third-order valence-corrected chi connectivity index (χ3v) is 4.71. The van der Waals surface area contributed by atoms with Crippen LogP contribution in [0.2, 0.25) is 5.02 Å². The van der Waals surface area contributed by atoms with Crippen molar-refractivity contribution in [3.63, 3.8) is 0 Å². The van der Waals surface area contributed by atoms with E-state index < -0.39 is 0 Å². The lowest BCUT2D eigenvalue weighted by molar-refractivity contribution is -0.123. The van der Waals surface area contributed by atoms with Gasteiger partial charge in [-0.15, -0.1) is 0 Å². The minimum atomic E-state index is -0.0528. The van der Waals surface area contributed by atoms with Crippen LogP contribution in [-0.2, 0) is 4.79 Å². The van der Waals surface area contributed by atoms with E-state index in [9.17, 15) is 4.79 Å². The monoisotopic (exact) mass is 309 g/mol. The Morgan fingerprint density at radius 3 is 2.52 bits per heavy atom. The second-order valence-electron chi connectivity index (χ2n) is 6.83. The van der Waals surface area contributed by atoms with Crippen LogP contribution in [0.25, 0.3) is 0 Å². The Hall–Kier alpha value is -1.22. The largest absolute Gasteiger partial charge is 0.484 e. The first kappa shape index (κ1) is 16.2. The number of hydrogen-bond donors (Lipinski definition) is 1. The van der Waals surface area contributed by atoms with Crippen LogP contribution in [0.15, 0.2) is 12.1 Å². The van der Waals surface area contributed by atoms with E-state index in [0.717, 1.165) is 35.4 Å². The maximum Gasteiger partial charge on any atom is 0.258 e. The van der Waals surface area contributed by atoms with Gasteiger partial charge in [-0.3, -0.25) is 4.79 Å². The van der Waals surface area contributed by atoms with E-state index in [0.29, 0.717) is 11.2 Å². The smallest absolute Gasteiger partial charge is 0.258 e. The fourth-order valence-electron chi connectivity index (χ4n) is 2.97. The van der Waals surface area contributed by atoms with E-state index in [1.165, 1.54) is 0 Å². The van der Waals surface area contributed by atoms with Gasteiger partial charge in [-0.05, 0) is 61.8 Å². The quantitative estimate of drug-likeness (QED) is 0.912. The van der Waals surface area contributed by atoms with E-state index in [2.05, 4.69) is 19.2 Å². The number of carbonyl (C=O) groups excluding carboxylic acids is 1. The molecule has 1 unspecified atom stereocenters. The van der Waals surface area contributed by atoms with Crippen molar-refractivity contribution in [2.24, 2.45) is 5.41 Å². The topological polar surface area (TPSA) is 38.3 Å². The molecule has 0 heterocycles. The fraction of sp³-hybridized carbons (Fsp3) is 0.588. The molecule has 0 aliphatic heterocycles. The number of halogens is 1. The zero-order chi connectivity index (χ0) is 15.6. The molecule has 1 aliphatic carbocycles. The number of aryl methyl sites for hydroxylation is 2. The number of rotatable bonds is 4. The number of hydrogen-bond acceptors (Lipinski definition) is 2. The summed E-state index contributed by atoms with van der Waals surface area (Å²) in [5.41, 5.74) is 2.26. The average molecular weight is 310 g/mol. The van der Waals surface area contributed by atoms with Crippen LogP contribution < -0.4 is 10.1 Å². The third-order valence-electron chi connectivity index (χ3n) is 4.11. The maximum absolute atomic E-state index is 12.0. The molecule has 3 nitrogen and oxygen atoms in total. The Bertz CT molecular complexity index is 517. The average Bonchev–Trinajstić information content (AvgIpc) is 2.72. The van der Waals surface area contributed by atoms with Crippen LogP contribution in [0.3, 0.4) is 0 Å². The molecule has 1 N–H and O–H groups in total. The molecule has 1 saturated carbocycles. The summed E-state index contributed by atoms with van der Waals surface area (Å²) in [5.74, 6) is 0.638. The van der Waals surface area contributed by atoms with E-state index >= 15 is 0 Å². The highest BCUT2D eigenvalue weighted by atomic mass is 35.5. The Kier molecular flexibility index (Phi) is 4.82. The van der Waals surface area contributed by atoms with E-state index in [1.54, 1.807) is 0 Å². The summed E-state index contributed by atoms with van der Waals surface area (Å²) in [6, 6.07) is 4.01. The van der Waals surface area contributed by atoms with Crippen LogP contribution in [0, 0.1) is 19.3 Å². The second-order valence-corrected chi connectivity index (χ2v) is 7.21. The number of carbonyl (C=O) groups is 1. The van der Waals surface area contributed by atoms with Crippen molar-refractivity contribution in [1.29, 1.82) is 0 Å². The molecule has 0 bridgehead atoms. The van der Waals surface area contributed by atoms with Crippen LogP contribution in [0.5, 0.6) is 5.75 Å². The van der Waals surface area contributed by atoms with Gasteiger partial charge in [0.05, 0.1) is 0 Å². The van der Waals surface area contributed by atoms with Gasteiger partial charge in [0.25, 0.3) is 5.91 Å². The van der Waals surface area contributed by atoms with Gasteiger partial charge in [0, 0.05) is 11.1 Å². The molecule has 116 valence electrons. The highest BCUT2D eigenvalue weighted by molar-refractivity contribution is 6.32. The Morgan fingerprint density at radius 1 is 1.38 bits per heavy atom. The summed E-state index contributed by atoms with van der Waals surface area (Å²) in [6.45, 7) is 8.41. The maximum atomic E-state index is 12.0. The van der Waals surface area contributed by atoms with E-state index in [1.807, 2.05) is 26.0 Å². The summed E-state index contributed by atoms with van der Waals surface area (Å²) in [7, 11) is 0. The first-order valence-electron chi connectivity index (χ1n) is 7.46. The molecule has 0 spiro atoms. The normalized spacial score (nSPS) is 20.3. The number of benzene rings is 1. The van der Waals surface area contributed by atoms with Crippen molar-refractivity contribution in [1.82, 2.24) is 5.32 Å². The van der Waals surface area contributed by atoms with Crippen LogP contribution >= 0.6 is 11.6 Å². The SMILES string of the molecule is Cc1cc(OCC(=O)NC2CCC(C)(C)C2)cc(C)c1Cl. The zero-order valence-corrected chi connectivity index (χ0v) is 14.0. The van der Waals surface area contributed by atoms with Crippen molar-refractivity contribution in [3.8, 4) is 5.75 Å². The molecular weight excluding hydrogens is 286 g/mol. The summed E-state index contributed by atoms with van der Waals surface area (Å²) in [4.78, 5) is 12.0. The Balaban J connectivity index is 1.84. The molecule has 0 saturated heterocycles. The molecule has 21 heavy (non-hydrogen) atoms. The molecule has 0 aromatic heterocycles. The molecule has 4 heteroatoms. The van der Waals surface area contributed by atoms with Crippen molar-refractivity contribution >= 4 is 17.5 Å². The zero-order valence-electron chi connectivity index (χ0n) is 13.3. The summed E-state index contributed by atoms with van der Waals surface area (Å²) < 4.78 is 5.58. The highest BCUT2D eigenvalue weighted by Gasteiger charge is 2.31. The number of amides is 1. The molecule has 1 aromatic rings. The van der Waals surface area contributed by atoms with Crippen molar-refractivity contribution in [3.05, 3.63) is 28.3 Å². The molecule has 1 atom stereocenters. The van der Waals surface area contributed by atoms with E-state index in [4.69, 9.17) is 16.3 Å². The number of nitrogens with one attached hydrogen (secondary N) is 1. The highest BCUT2D eigenvalue weighted by Crippen LogP contribution is 2.36. The van der Waals surface area contributed by atoms with Crippen molar-refractivity contribution in [2.45, 2.75) is 53.0 Å². The Morgan fingerprint density at radius 2 is 2.00 bits per heavy atom. The van der Waals surface area contributed by atoms with Gasteiger partial charge in [-0.2, -0.15) is 0 Å². The fourth-order valence-corrected chi connectivity index (χ4v) is 3.08. The molecule has 1 fully saturated rings. The molecule has 0 radical (unpaired) electrons. The van der Waals surface area contributed by atoms with Crippen LogP contribution in [0.1, 0.15) is 44.2 Å². The molecule has 1 aromatic carbocycles. The first-order chi connectivity index (χ1) is 9.77. The van der Waals surface area contributed by atoms with Gasteiger partial charge in [-0.25, -0.2) is 0 Å². The Labute approximate surface area is 132 Å². The van der Waals surface area contributed by atoms with Gasteiger partial charge < -0.3 is 10.1 Å². The molecule has 1 aliphatic rings. The van der Waals surface area contributed by atoms with Gasteiger partial charge >= 0.3 is 0 Å². The van der Waals surface area contributed by atoms with Crippen molar-refractivity contribution in [2.75, 3.05) is 6.61 Å².